The van der Waals surface area contributed by atoms with Crippen LogP contribution < -0.4 is 10.6 Å². The lowest BCUT2D eigenvalue weighted by Crippen LogP contribution is -2.30. The Kier molecular flexibility index (Phi) is 7.13. The first-order valence-corrected chi connectivity index (χ1v) is 12.5. The summed E-state index contributed by atoms with van der Waals surface area (Å²) in [5.74, 6) is -4.40. The second-order valence-corrected chi connectivity index (χ2v) is 9.73. The average Bonchev–Trinajstić information content (AvgIpc) is 3.29. The topological polar surface area (TPSA) is 129 Å². The molecule has 1 saturated carbocycles. The smallest absolute Gasteiger partial charge is 0.357 e. The highest BCUT2D eigenvalue weighted by molar-refractivity contribution is 6.28. The second-order valence-electron chi connectivity index (χ2n) is 9.39. The van der Waals surface area contributed by atoms with E-state index in [1.807, 2.05) is 0 Å². The van der Waals surface area contributed by atoms with Crippen LogP contribution in [0.5, 0.6) is 0 Å². The van der Waals surface area contributed by atoms with Crippen LogP contribution in [0.2, 0.25) is 5.28 Å². The highest BCUT2D eigenvalue weighted by atomic mass is 35.5. The van der Waals surface area contributed by atoms with Gasteiger partial charge < -0.3 is 20.7 Å². The van der Waals surface area contributed by atoms with Crippen molar-refractivity contribution in [2.45, 2.75) is 38.6 Å². The zero-order valence-electron chi connectivity index (χ0n) is 20.7. The summed E-state index contributed by atoms with van der Waals surface area (Å²) in [6.45, 7) is 5.93. The number of benzene rings is 1. The molecule has 202 valence electrons. The minimum atomic E-state index is -1.60. The third-order valence-electron chi connectivity index (χ3n) is 6.62. The lowest BCUT2D eigenvalue weighted by Gasteiger charge is -2.31. The molecule has 0 amide bonds. The summed E-state index contributed by atoms with van der Waals surface area (Å²) in [6, 6.07) is 3.26. The number of halogens is 4. The van der Waals surface area contributed by atoms with Gasteiger partial charge in [-0.3, -0.25) is 0 Å². The number of fused-ring (bicyclic) bond motifs is 1. The monoisotopic (exact) mass is 557 g/mol. The van der Waals surface area contributed by atoms with Crippen LogP contribution >= 0.6 is 11.6 Å². The van der Waals surface area contributed by atoms with Crippen molar-refractivity contribution in [3.8, 4) is 11.4 Å². The number of aromatic nitrogens is 5. The summed E-state index contributed by atoms with van der Waals surface area (Å²) >= 11 is 5.95. The van der Waals surface area contributed by atoms with Crippen LogP contribution in [0.15, 0.2) is 36.7 Å². The van der Waals surface area contributed by atoms with E-state index in [4.69, 9.17) is 11.6 Å². The van der Waals surface area contributed by atoms with Crippen LogP contribution in [0.25, 0.3) is 22.3 Å². The Labute approximate surface area is 225 Å². The van der Waals surface area contributed by atoms with Gasteiger partial charge in [0.05, 0.1) is 5.52 Å². The zero-order valence-corrected chi connectivity index (χ0v) is 21.4. The molecule has 0 bridgehead atoms. The number of aromatic carboxylic acids is 1. The number of hydrogen-bond donors (Lipinski definition) is 4. The molecule has 3 heterocycles. The Hall–Kier alpha value is -4.19. The van der Waals surface area contributed by atoms with E-state index in [1.165, 1.54) is 6.20 Å². The average molecular weight is 558 g/mol. The fourth-order valence-corrected chi connectivity index (χ4v) is 5.06. The van der Waals surface area contributed by atoms with Crippen LogP contribution in [0.1, 0.15) is 41.9 Å². The number of carbonyl (C=O) groups is 1. The Morgan fingerprint density at radius 3 is 2.69 bits per heavy atom. The molecule has 0 spiro atoms. The molecular formula is C26H23ClF3N7O2. The number of nitrogens with zero attached hydrogens (tertiary/aromatic N) is 4. The van der Waals surface area contributed by atoms with Crippen molar-refractivity contribution >= 4 is 40.1 Å². The molecule has 0 aliphatic heterocycles. The van der Waals surface area contributed by atoms with Crippen molar-refractivity contribution in [2.24, 2.45) is 5.92 Å². The first-order chi connectivity index (χ1) is 18.6. The number of hydrogen-bond acceptors (Lipinski definition) is 7. The zero-order chi connectivity index (χ0) is 27.8. The van der Waals surface area contributed by atoms with Crippen molar-refractivity contribution < 1.29 is 23.1 Å². The van der Waals surface area contributed by atoms with Crippen LogP contribution in [0.3, 0.4) is 0 Å². The number of nitrogens with one attached hydrogen (secondary N) is 3. The van der Waals surface area contributed by atoms with Gasteiger partial charge in [0.2, 0.25) is 5.28 Å². The van der Waals surface area contributed by atoms with Gasteiger partial charge in [0.15, 0.2) is 23.2 Å². The Morgan fingerprint density at radius 1 is 1.15 bits per heavy atom. The molecule has 5 rings (SSSR count). The third kappa shape index (κ3) is 5.51. The first-order valence-electron chi connectivity index (χ1n) is 12.1. The first kappa shape index (κ1) is 26.4. The maximum Gasteiger partial charge on any atom is 0.357 e. The third-order valence-corrected chi connectivity index (χ3v) is 6.79. The molecule has 13 heteroatoms. The molecule has 3 aromatic heterocycles. The largest absolute Gasteiger partial charge is 0.476 e. The number of carboxylic acids is 1. The molecule has 1 aliphatic rings. The number of rotatable bonds is 7. The van der Waals surface area contributed by atoms with Gasteiger partial charge in [-0.05, 0) is 43.9 Å². The minimum absolute atomic E-state index is 0.00632. The van der Waals surface area contributed by atoms with E-state index in [1.54, 1.807) is 13.0 Å². The predicted octanol–water partition coefficient (Wildman–Crippen LogP) is 6.09. The summed E-state index contributed by atoms with van der Waals surface area (Å²) in [7, 11) is 0. The van der Waals surface area contributed by atoms with E-state index >= 15 is 4.39 Å². The van der Waals surface area contributed by atoms with Crippen molar-refractivity contribution in [1.29, 1.82) is 0 Å². The number of allylic oxidation sites excluding steroid dienone is 1. The van der Waals surface area contributed by atoms with Crippen LogP contribution in [-0.4, -0.2) is 42.0 Å². The predicted molar refractivity (Wildman–Crippen MR) is 140 cm³/mol. The van der Waals surface area contributed by atoms with Gasteiger partial charge in [-0.25, -0.2) is 37.9 Å². The Bertz CT molecular complexity index is 1590. The summed E-state index contributed by atoms with van der Waals surface area (Å²) < 4.78 is 43.3. The SMILES string of the molecule is C=C(Nc1cc(C)nc(Cl)n1)[C@@H]1CCC[C@H](Nc2nc(-c3c[nH]c4c(F)cc(F)cc34)nc(C(=O)O)c2F)C1. The minimum Gasteiger partial charge on any atom is -0.476 e. The number of aromatic amines is 1. The number of anilines is 2. The fraction of sp³-hybridized carbons (Fsp3) is 0.269. The quantitative estimate of drug-likeness (QED) is 0.201. The Morgan fingerprint density at radius 2 is 1.95 bits per heavy atom. The molecule has 4 N–H and O–H groups in total. The van der Waals surface area contributed by atoms with Crippen LogP contribution in [0, 0.1) is 30.3 Å². The van der Waals surface area contributed by atoms with E-state index in [0.29, 0.717) is 36.1 Å². The maximum absolute atomic E-state index is 15.2. The summed E-state index contributed by atoms with van der Waals surface area (Å²) in [6.07, 6.45) is 4.16. The lowest BCUT2D eigenvalue weighted by atomic mass is 9.84. The van der Waals surface area contributed by atoms with Gasteiger partial charge in [0.25, 0.3) is 0 Å². The van der Waals surface area contributed by atoms with Crippen molar-refractivity contribution in [3.63, 3.8) is 0 Å². The number of carboxylic acid groups (broad SMARTS) is 1. The van der Waals surface area contributed by atoms with Crippen LogP contribution in [-0.2, 0) is 0 Å². The van der Waals surface area contributed by atoms with Crippen LogP contribution in [0.4, 0.5) is 24.8 Å². The standard InChI is InChI=1S/C26H23ClF3N7O2/c1-11-6-19(35-26(27)32-11)33-12(2)13-4-3-5-15(7-13)34-24-20(30)22(25(38)39)36-23(37-24)17-10-31-21-16(17)8-14(28)9-18(21)29/h6,8-10,13,15,31H,2-5,7H2,1H3,(H,38,39)(H,32,33,35)(H,34,36,37)/t13-,15+/m1/s1. The van der Waals surface area contributed by atoms with Gasteiger partial charge in [0, 0.05) is 52.6 Å². The van der Waals surface area contributed by atoms with E-state index < -0.39 is 29.1 Å². The normalized spacial score (nSPS) is 17.3. The van der Waals surface area contributed by atoms with Gasteiger partial charge in [-0.15, -0.1) is 0 Å². The maximum atomic E-state index is 15.2. The van der Waals surface area contributed by atoms with Gasteiger partial charge >= 0.3 is 5.97 Å². The molecule has 9 nitrogen and oxygen atoms in total. The van der Waals surface area contributed by atoms with Crippen molar-refractivity contribution in [3.05, 3.63) is 70.8 Å². The number of H-pyrrole nitrogens is 1. The number of aryl methyl sites for hydroxylation is 1. The molecule has 39 heavy (non-hydrogen) atoms. The molecule has 1 aromatic carbocycles. The van der Waals surface area contributed by atoms with Crippen molar-refractivity contribution in [2.75, 3.05) is 10.6 Å². The van der Waals surface area contributed by atoms with E-state index in [2.05, 4.69) is 42.1 Å². The summed E-state index contributed by atoms with van der Waals surface area (Å²) in [5.41, 5.74) is 0.661. The molecule has 0 radical (unpaired) electrons. The van der Waals surface area contributed by atoms with E-state index in [0.717, 1.165) is 18.9 Å². The Balaban J connectivity index is 1.41. The fourth-order valence-electron chi connectivity index (χ4n) is 4.84. The molecule has 0 unspecified atom stereocenters. The highest BCUT2D eigenvalue weighted by Crippen LogP contribution is 2.34. The van der Waals surface area contributed by atoms with E-state index in [9.17, 15) is 18.7 Å². The van der Waals surface area contributed by atoms with Gasteiger partial charge in [-0.2, -0.15) is 0 Å². The summed E-state index contributed by atoms with van der Waals surface area (Å²) in [4.78, 5) is 30.7. The molecule has 4 aromatic rings. The molecule has 1 fully saturated rings. The molecule has 2 atom stereocenters. The van der Waals surface area contributed by atoms with Gasteiger partial charge in [-0.1, -0.05) is 13.0 Å². The van der Waals surface area contributed by atoms with Crippen molar-refractivity contribution in [1.82, 2.24) is 24.9 Å². The highest BCUT2D eigenvalue weighted by Gasteiger charge is 2.28. The second kappa shape index (κ2) is 10.5. The molecule has 1 aliphatic carbocycles. The lowest BCUT2D eigenvalue weighted by molar-refractivity contribution is 0.0685. The molecule has 0 saturated heterocycles. The molecular weight excluding hydrogens is 535 g/mol. The summed E-state index contributed by atoms with van der Waals surface area (Å²) in [5, 5.41) is 16.0. The van der Waals surface area contributed by atoms with E-state index in [-0.39, 0.29) is 45.4 Å². The van der Waals surface area contributed by atoms with Gasteiger partial charge in [0.1, 0.15) is 17.5 Å².